The first-order chi connectivity index (χ1) is 9.76. The van der Waals surface area contributed by atoms with Crippen LogP contribution in [0.2, 0.25) is 0 Å². The van der Waals surface area contributed by atoms with E-state index in [0.717, 1.165) is 36.5 Å². The van der Waals surface area contributed by atoms with E-state index < -0.39 is 0 Å². The molecule has 2 saturated heterocycles. The summed E-state index contributed by atoms with van der Waals surface area (Å²) < 4.78 is 5.44. The Balaban J connectivity index is 1.56. The fraction of sp³-hybridized carbons (Fsp3) is 0.800. The Kier molecular flexibility index (Phi) is 4.38. The van der Waals surface area contributed by atoms with E-state index in [-0.39, 0.29) is 0 Å². The summed E-state index contributed by atoms with van der Waals surface area (Å²) in [4.78, 5) is 5.09. The van der Waals surface area contributed by atoms with E-state index in [1.165, 1.54) is 38.9 Å². The third-order valence-corrected chi connectivity index (χ3v) is 4.77. The van der Waals surface area contributed by atoms with Crippen molar-refractivity contribution in [1.82, 2.24) is 20.3 Å². The second kappa shape index (κ2) is 6.24. The van der Waals surface area contributed by atoms with Gasteiger partial charge in [0.05, 0.1) is 12.2 Å². The number of aromatic nitrogens is 1. The number of hydrogen-bond acceptors (Lipinski definition) is 5. The van der Waals surface area contributed by atoms with Crippen LogP contribution in [0.25, 0.3) is 0 Å². The number of nitrogens with one attached hydrogen (secondary N) is 1. The number of piperidine rings is 2. The van der Waals surface area contributed by atoms with Crippen molar-refractivity contribution in [3.8, 4) is 0 Å². The lowest BCUT2D eigenvalue weighted by Crippen LogP contribution is -2.52. The predicted octanol–water partition coefficient (Wildman–Crippen LogP) is 1.31. The lowest BCUT2D eigenvalue weighted by atomic mass is 9.84. The van der Waals surface area contributed by atoms with Gasteiger partial charge in [0, 0.05) is 31.7 Å². The van der Waals surface area contributed by atoms with Gasteiger partial charge >= 0.3 is 0 Å². The molecule has 2 aliphatic rings. The molecule has 2 aliphatic heterocycles. The van der Waals surface area contributed by atoms with Gasteiger partial charge in [-0.2, -0.15) is 0 Å². The fourth-order valence-electron chi connectivity index (χ4n) is 3.79. The number of hydrogen-bond donors (Lipinski definition) is 1. The Labute approximate surface area is 121 Å². The highest BCUT2D eigenvalue weighted by atomic mass is 16.5. The van der Waals surface area contributed by atoms with E-state index >= 15 is 0 Å². The Morgan fingerprint density at radius 3 is 3.15 bits per heavy atom. The maximum Gasteiger partial charge on any atom is 0.151 e. The summed E-state index contributed by atoms with van der Waals surface area (Å²) in [5.74, 6) is 1.83. The van der Waals surface area contributed by atoms with Crippen molar-refractivity contribution >= 4 is 0 Å². The van der Waals surface area contributed by atoms with Crippen LogP contribution in [0, 0.1) is 5.92 Å². The van der Waals surface area contributed by atoms with E-state index in [1.54, 1.807) is 0 Å². The number of likely N-dealkylation sites (tertiary alicyclic amines) is 2. The van der Waals surface area contributed by atoms with Crippen LogP contribution in [-0.2, 0) is 13.1 Å². The van der Waals surface area contributed by atoms with Crippen LogP contribution < -0.4 is 5.32 Å². The van der Waals surface area contributed by atoms with Crippen molar-refractivity contribution in [3.05, 3.63) is 17.5 Å². The molecule has 112 valence electrons. The molecule has 0 aliphatic carbocycles. The van der Waals surface area contributed by atoms with Crippen molar-refractivity contribution in [2.75, 3.05) is 33.7 Å². The summed E-state index contributed by atoms with van der Waals surface area (Å²) in [6, 6.07) is 2.88. The molecule has 2 atom stereocenters. The third kappa shape index (κ3) is 3.05. The second-order valence-electron chi connectivity index (χ2n) is 6.29. The zero-order valence-corrected chi connectivity index (χ0v) is 12.6. The summed E-state index contributed by atoms with van der Waals surface area (Å²) >= 11 is 0. The Morgan fingerprint density at radius 2 is 2.30 bits per heavy atom. The lowest BCUT2D eigenvalue weighted by molar-refractivity contribution is 0.0322. The first-order valence-electron chi connectivity index (χ1n) is 7.78. The summed E-state index contributed by atoms with van der Waals surface area (Å²) in [6.45, 7) is 5.34. The van der Waals surface area contributed by atoms with Crippen LogP contribution in [0.15, 0.2) is 10.6 Å². The van der Waals surface area contributed by atoms with E-state index in [9.17, 15) is 0 Å². The molecule has 2 unspecified atom stereocenters. The molecule has 5 heteroatoms. The normalized spacial score (nSPS) is 28.5. The van der Waals surface area contributed by atoms with Gasteiger partial charge in [0.25, 0.3) is 0 Å². The zero-order valence-electron chi connectivity index (χ0n) is 12.6. The standard InChI is InChI=1S/C15H26N4O/c1-16-9-13-8-14(20-17-13)11-19-7-5-15-12(10-19)4-3-6-18(15)2/h8,12,15-16H,3-7,9-11H2,1-2H3. The highest BCUT2D eigenvalue weighted by Gasteiger charge is 2.34. The minimum atomic E-state index is 0.777. The van der Waals surface area contributed by atoms with Crippen molar-refractivity contribution in [1.29, 1.82) is 0 Å². The van der Waals surface area contributed by atoms with E-state index in [1.807, 2.05) is 7.05 Å². The smallest absolute Gasteiger partial charge is 0.151 e. The SMILES string of the molecule is CNCc1cc(CN2CCC3C(CCCN3C)C2)on1. The number of nitrogens with zero attached hydrogens (tertiary/aromatic N) is 3. The molecule has 1 N–H and O–H groups in total. The molecule has 5 nitrogen and oxygen atoms in total. The van der Waals surface area contributed by atoms with Crippen LogP contribution in [0.3, 0.4) is 0 Å². The molecule has 0 saturated carbocycles. The maximum atomic E-state index is 5.44. The molecule has 20 heavy (non-hydrogen) atoms. The average molecular weight is 278 g/mol. The van der Waals surface area contributed by atoms with Crippen molar-refractivity contribution in [2.24, 2.45) is 5.92 Å². The van der Waals surface area contributed by atoms with Gasteiger partial charge in [-0.1, -0.05) is 5.16 Å². The minimum absolute atomic E-state index is 0.777. The zero-order chi connectivity index (χ0) is 13.9. The summed E-state index contributed by atoms with van der Waals surface area (Å²) in [6.07, 6.45) is 4.02. The van der Waals surface area contributed by atoms with Crippen molar-refractivity contribution < 1.29 is 4.52 Å². The van der Waals surface area contributed by atoms with E-state index in [0.29, 0.717) is 0 Å². The minimum Gasteiger partial charge on any atom is -0.360 e. The highest BCUT2D eigenvalue weighted by molar-refractivity contribution is 5.05. The number of rotatable bonds is 4. The molecule has 0 aromatic carbocycles. The molecular formula is C15H26N4O. The van der Waals surface area contributed by atoms with Crippen LogP contribution in [0.5, 0.6) is 0 Å². The first-order valence-corrected chi connectivity index (χ1v) is 7.78. The first kappa shape index (κ1) is 14.0. The molecule has 0 amide bonds. The summed E-state index contributed by atoms with van der Waals surface area (Å²) in [5, 5.41) is 7.19. The Hall–Kier alpha value is -0.910. The molecule has 1 aromatic heterocycles. The molecule has 1 aromatic rings. The fourth-order valence-corrected chi connectivity index (χ4v) is 3.79. The van der Waals surface area contributed by atoms with Gasteiger partial charge in [-0.3, -0.25) is 4.90 Å². The van der Waals surface area contributed by atoms with Gasteiger partial charge in [0.1, 0.15) is 0 Å². The largest absolute Gasteiger partial charge is 0.360 e. The molecule has 3 heterocycles. The summed E-state index contributed by atoms with van der Waals surface area (Å²) in [5.41, 5.74) is 0.995. The van der Waals surface area contributed by atoms with Gasteiger partial charge in [0.2, 0.25) is 0 Å². The van der Waals surface area contributed by atoms with Crippen molar-refractivity contribution in [3.63, 3.8) is 0 Å². The molecule has 0 radical (unpaired) electrons. The highest BCUT2D eigenvalue weighted by Crippen LogP contribution is 2.30. The lowest BCUT2D eigenvalue weighted by Gasteiger charge is -2.45. The van der Waals surface area contributed by atoms with Gasteiger partial charge in [0.15, 0.2) is 5.76 Å². The monoisotopic (exact) mass is 278 g/mol. The van der Waals surface area contributed by atoms with Gasteiger partial charge in [-0.05, 0) is 45.8 Å². The van der Waals surface area contributed by atoms with Gasteiger partial charge in [-0.15, -0.1) is 0 Å². The summed E-state index contributed by atoms with van der Waals surface area (Å²) in [7, 11) is 4.21. The van der Waals surface area contributed by atoms with Gasteiger partial charge < -0.3 is 14.7 Å². The van der Waals surface area contributed by atoms with E-state index in [2.05, 4.69) is 33.4 Å². The topological polar surface area (TPSA) is 44.5 Å². The number of fused-ring (bicyclic) bond motifs is 1. The average Bonchev–Trinajstić information content (AvgIpc) is 2.87. The second-order valence-corrected chi connectivity index (χ2v) is 6.29. The van der Waals surface area contributed by atoms with Crippen LogP contribution in [-0.4, -0.2) is 54.7 Å². The quantitative estimate of drug-likeness (QED) is 0.899. The molecular weight excluding hydrogens is 252 g/mol. The van der Waals surface area contributed by atoms with Crippen LogP contribution in [0.1, 0.15) is 30.7 Å². The van der Waals surface area contributed by atoms with Crippen LogP contribution in [0.4, 0.5) is 0 Å². The molecule has 3 rings (SSSR count). The molecule has 0 spiro atoms. The van der Waals surface area contributed by atoms with Crippen LogP contribution >= 0.6 is 0 Å². The van der Waals surface area contributed by atoms with Crippen molar-refractivity contribution in [2.45, 2.75) is 38.4 Å². The maximum absolute atomic E-state index is 5.44. The van der Waals surface area contributed by atoms with Gasteiger partial charge in [-0.25, -0.2) is 0 Å². The Morgan fingerprint density at radius 1 is 1.40 bits per heavy atom. The molecule has 2 fully saturated rings. The molecule has 0 bridgehead atoms. The third-order valence-electron chi connectivity index (χ3n) is 4.77. The predicted molar refractivity (Wildman–Crippen MR) is 78.3 cm³/mol. The Bertz CT molecular complexity index is 433. The van der Waals surface area contributed by atoms with E-state index in [4.69, 9.17) is 4.52 Å².